The lowest BCUT2D eigenvalue weighted by Gasteiger charge is -2.09. The van der Waals surface area contributed by atoms with Gasteiger partial charge in [0.05, 0.1) is 9.82 Å². The van der Waals surface area contributed by atoms with E-state index in [4.69, 9.17) is 0 Å². The van der Waals surface area contributed by atoms with Gasteiger partial charge in [0, 0.05) is 24.1 Å². The van der Waals surface area contributed by atoms with Crippen LogP contribution in [0.25, 0.3) is 0 Å². The molecule has 0 spiro atoms. The number of non-ortho nitro benzene ring substituents is 1. The van der Waals surface area contributed by atoms with Gasteiger partial charge in [0.1, 0.15) is 0 Å². The molecule has 0 heterocycles. The van der Waals surface area contributed by atoms with Gasteiger partial charge in [0.2, 0.25) is 10.0 Å². The van der Waals surface area contributed by atoms with Crippen molar-refractivity contribution in [2.75, 3.05) is 0 Å². The molecule has 2 atom stereocenters. The smallest absolute Gasteiger partial charge is 0.258 e. The third-order valence-corrected chi connectivity index (χ3v) is 5.63. The van der Waals surface area contributed by atoms with E-state index in [1.54, 1.807) is 6.92 Å². The summed E-state index contributed by atoms with van der Waals surface area (Å²) in [5, 5.41) is 10.9. The van der Waals surface area contributed by atoms with Crippen LogP contribution in [0.1, 0.15) is 23.5 Å². The topological polar surface area (TPSA) is 89.3 Å². The van der Waals surface area contributed by atoms with Gasteiger partial charge in [-0.15, -0.1) is 0 Å². The summed E-state index contributed by atoms with van der Waals surface area (Å²) in [5.74, 6) is 0.157. The molecule has 3 rings (SSSR count). The molecule has 0 aliphatic heterocycles. The average Bonchev–Trinajstić information content (AvgIpc) is 3.26. The van der Waals surface area contributed by atoms with Crippen molar-refractivity contribution in [3.8, 4) is 0 Å². The van der Waals surface area contributed by atoms with Crippen LogP contribution in [-0.4, -0.2) is 19.4 Å². The number of benzene rings is 2. The molecule has 0 bridgehead atoms. The van der Waals surface area contributed by atoms with Crippen LogP contribution in [0, 0.1) is 17.0 Å². The predicted octanol–water partition coefficient (Wildman–Crippen LogP) is 2.74. The third kappa shape index (κ3) is 3.25. The van der Waals surface area contributed by atoms with E-state index >= 15 is 0 Å². The lowest BCUT2D eigenvalue weighted by atomic mass is 10.1. The van der Waals surface area contributed by atoms with E-state index in [0.717, 1.165) is 18.1 Å². The molecule has 0 saturated heterocycles. The molecular weight excluding hydrogens is 316 g/mol. The summed E-state index contributed by atoms with van der Waals surface area (Å²) < 4.78 is 27.7. The van der Waals surface area contributed by atoms with E-state index in [-0.39, 0.29) is 22.5 Å². The van der Waals surface area contributed by atoms with Crippen molar-refractivity contribution in [1.82, 2.24) is 4.72 Å². The van der Waals surface area contributed by atoms with Crippen molar-refractivity contribution >= 4 is 15.7 Å². The van der Waals surface area contributed by atoms with Gasteiger partial charge in [-0.2, -0.15) is 0 Å². The number of hydrogen-bond donors (Lipinski definition) is 1. The number of aryl methyl sites for hydroxylation is 1. The fourth-order valence-corrected chi connectivity index (χ4v) is 4.20. The molecule has 23 heavy (non-hydrogen) atoms. The van der Waals surface area contributed by atoms with Gasteiger partial charge in [-0.25, -0.2) is 13.1 Å². The lowest BCUT2D eigenvalue weighted by Crippen LogP contribution is -2.27. The maximum absolute atomic E-state index is 12.5. The molecule has 6 nitrogen and oxygen atoms in total. The molecule has 1 N–H and O–H groups in total. The molecule has 0 aromatic heterocycles. The van der Waals surface area contributed by atoms with Crippen LogP contribution in [0.2, 0.25) is 0 Å². The van der Waals surface area contributed by atoms with Crippen molar-refractivity contribution in [3.05, 3.63) is 69.8 Å². The molecule has 2 aromatic rings. The van der Waals surface area contributed by atoms with Crippen molar-refractivity contribution in [2.24, 2.45) is 0 Å². The minimum atomic E-state index is -3.78. The van der Waals surface area contributed by atoms with Gasteiger partial charge in [0.25, 0.3) is 5.69 Å². The number of rotatable bonds is 5. The Balaban J connectivity index is 1.81. The van der Waals surface area contributed by atoms with E-state index in [1.807, 2.05) is 30.3 Å². The fourth-order valence-electron chi connectivity index (χ4n) is 2.65. The zero-order valence-electron chi connectivity index (χ0n) is 12.5. The van der Waals surface area contributed by atoms with Crippen LogP contribution in [0.3, 0.4) is 0 Å². The van der Waals surface area contributed by atoms with Gasteiger partial charge in [-0.3, -0.25) is 10.1 Å². The number of nitro groups is 1. The second-order valence-corrected chi connectivity index (χ2v) is 7.37. The minimum absolute atomic E-state index is 0.0367. The Hall–Kier alpha value is -2.25. The fraction of sp³-hybridized carbons (Fsp3) is 0.250. The van der Waals surface area contributed by atoms with Crippen LogP contribution >= 0.6 is 0 Å². The summed E-state index contributed by atoms with van der Waals surface area (Å²) in [6.45, 7) is 1.62. The highest BCUT2D eigenvalue weighted by Gasteiger charge is 2.41. The number of nitrogens with one attached hydrogen (secondary N) is 1. The predicted molar refractivity (Wildman–Crippen MR) is 85.7 cm³/mol. The second-order valence-electron chi connectivity index (χ2n) is 5.69. The first-order valence-corrected chi connectivity index (χ1v) is 8.69. The van der Waals surface area contributed by atoms with Crippen molar-refractivity contribution in [2.45, 2.75) is 30.2 Å². The van der Waals surface area contributed by atoms with Crippen LogP contribution in [0.5, 0.6) is 0 Å². The van der Waals surface area contributed by atoms with Gasteiger partial charge < -0.3 is 0 Å². The van der Waals surface area contributed by atoms with E-state index in [2.05, 4.69) is 4.72 Å². The summed E-state index contributed by atoms with van der Waals surface area (Å²) in [7, 11) is -3.78. The Morgan fingerprint density at radius 2 is 1.87 bits per heavy atom. The van der Waals surface area contributed by atoms with Crippen LogP contribution < -0.4 is 4.72 Å². The summed E-state index contributed by atoms with van der Waals surface area (Å²) in [4.78, 5) is 10.2. The van der Waals surface area contributed by atoms with Crippen molar-refractivity contribution in [1.29, 1.82) is 0 Å². The molecule has 1 aliphatic rings. The average molecular weight is 332 g/mol. The Bertz CT molecular complexity index is 850. The lowest BCUT2D eigenvalue weighted by molar-refractivity contribution is -0.385. The summed E-state index contributed by atoms with van der Waals surface area (Å²) in [5.41, 5.74) is 1.35. The molecule has 1 saturated carbocycles. The molecular formula is C16H16N2O4S. The molecule has 0 radical (unpaired) electrons. The normalized spacial score (nSPS) is 20.2. The summed E-state index contributed by atoms with van der Waals surface area (Å²) in [6.07, 6.45) is 0.733. The molecule has 0 amide bonds. The zero-order chi connectivity index (χ0) is 16.6. The van der Waals surface area contributed by atoms with E-state index in [0.29, 0.717) is 5.56 Å². The highest BCUT2D eigenvalue weighted by molar-refractivity contribution is 7.89. The Kier molecular flexibility index (Phi) is 3.91. The first-order chi connectivity index (χ1) is 10.9. The van der Waals surface area contributed by atoms with E-state index < -0.39 is 14.9 Å². The van der Waals surface area contributed by atoms with Gasteiger partial charge in [-0.05, 0) is 24.5 Å². The van der Waals surface area contributed by atoms with Gasteiger partial charge in [0.15, 0.2) is 0 Å². The first-order valence-electron chi connectivity index (χ1n) is 7.21. The molecule has 2 aromatic carbocycles. The number of hydrogen-bond acceptors (Lipinski definition) is 4. The van der Waals surface area contributed by atoms with Crippen LogP contribution in [0.15, 0.2) is 53.4 Å². The maximum Gasteiger partial charge on any atom is 0.270 e. The first kappa shape index (κ1) is 15.6. The quantitative estimate of drug-likeness (QED) is 0.673. The van der Waals surface area contributed by atoms with E-state index in [1.165, 1.54) is 12.1 Å². The maximum atomic E-state index is 12.5. The summed E-state index contributed by atoms with van der Waals surface area (Å²) >= 11 is 0. The van der Waals surface area contributed by atoms with Crippen LogP contribution in [0.4, 0.5) is 5.69 Å². The zero-order valence-corrected chi connectivity index (χ0v) is 13.3. The Labute approximate surface area is 134 Å². The standard InChI is InChI=1S/C16H16N2O4S/c1-11-7-8-13(18(19)20)9-16(11)23(21,22)17-15-10-14(15)12-5-3-2-4-6-12/h2-9,14-15,17H,10H2,1H3/t14-,15+/m0/s1. The second kappa shape index (κ2) is 5.75. The van der Waals surface area contributed by atoms with Crippen molar-refractivity contribution in [3.63, 3.8) is 0 Å². The number of sulfonamides is 1. The Morgan fingerprint density at radius 1 is 1.17 bits per heavy atom. The molecule has 7 heteroatoms. The third-order valence-electron chi connectivity index (χ3n) is 4.00. The SMILES string of the molecule is Cc1ccc([N+](=O)[O-])cc1S(=O)(=O)N[C@@H]1C[C@H]1c1ccccc1. The van der Waals surface area contributed by atoms with Gasteiger partial charge >= 0.3 is 0 Å². The highest BCUT2D eigenvalue weighted by atomic mass is 32.2. The molecule has 1 aliphatic carbocycles. The van der Waals surface area contributed by atoms with Gasteiger partial charge in [-0.1, -0.05) is 36.4 Å². The number of nitrogens with zero attached hydrogens (tertiary/aromatic N) is 1. The molecule has 120 valence electrons. The molecule has 0 unspecified atom stereocenters. The highest BCUT2D eigenvalue weighted by Crippen LogP contribution is 2.41. The van der Waals surface area contributed by atoms with Crippen LogP contribution in [-0.2, 0) is 10.0 Å². The minimum Gasteiger partial charge on any atom is -0.258 e. The summed E-state index contributed by atoms with van der Waals surface area (Å²) in [6, 6.07) is 13.4. The molecule has 1 fully saturated rings. The van der Waals surface area contributed by atoms with Crippen molar-refractivity contribution < 1.29 is 13.3 Å². The number of nitro benzene ring substituents is 1. The largest absolute Gasteiger partial charge is 0.270 e. The van der Waals surface area contributed by atoms with E-state index in [9.17, 15) is 18.5 Å². The monoisotopic (exact) mass is 332 g/mol. The Morgan fingerprint density at radius 3 is 2.52 bits per heavy atom.